The minimum Gasteiger partial charge on any atom is -0.261 e. The molecule has 0 aliphatic rings. The number of pyridine rings is 1. The molecule has 0 saturated carbocycles. The minimum atomic E-state index is -0.225. The van der Waals surface area contributed by atoms with Crippen molar-refractivity contribution in [2.45, 2.75) is 20.8 Å². The Morgan fingerprint density at radius 1 is 1.36 bits per heavy atom. The van der Waals surface area contributed by atoms with Crippen molar-refractivity contribution in [3.05, 3.63) is 29.8 Å². The van der Waals surface area contributed by atoms with E-state index in [4.69, 9.17) is 0 Å². The van der Waals surface area contributed by atoms with E-state index >= 15 is 0 Å². The monoisotopic (exact) mass is 269 g/mol. The van der Waals surface area contributed by atoms with E-state index in [9.17, 15) is 4.39 Å². The molecule has 1 aromatic heterocycles. The van der Waals surface area contributed by atoms with Gasteiger partial charge < -0.3 is 0 Å². The summed E-state index contributed by atoms with van der Waals surface area (Å²) in [6.45, 7) is 5.75. The molecule has 0 spiro atoms. The molecule has 1 nitrogen and oxygen atoms in total. The second-order valence-electron chi connectivity index (χ2n) is 1.62. The molecule has 0 aliphatic heterocycles. The maximum absolute atomic E-state index is 12.1. The lowest BCUT2D eigenvalue weighted by Crippen LogP contribution is -1.79. The van der Waals surface area contributed by atoms with Gasteiger partial charge in [-0.25, -0.2) is 4.39 Å². The van der Waals surface area contributed by atoms with Gasteiger partial charge in [-0.15, -0.1) is 24.0 Å². The van der Waals surface area contributed by atoms with E-state index in [1.807, 2.05) is 13.8 Å². The highest BCUT2D eigenvalue weighted by atomic mass is 127. The molecule has 64 valence electrons. The van der Waals surface area contributed by atoms with Crippen LogP contribution >= 0.6 is 24.0 Å². The summed E-state index contributed by atoms with van der Waals surface area (Å²) >= 11 is 0. The zero-order chi connectivity index (χ0) is 7.98. The van der Waals surface area contributed by atoms with Gasteiger partial charge in [0.05, 0.1) is 0 Å². The van der Waals surface area contributed by atoms with Crippen molar-refractivity contribution in [2.75, 3.05) is 0 Å². The largest absolute Gasteiger partial charge is 0.261 e. The average Bonchev–Trinajstić information content (AvgIpc) is 1.91. The molecule has 11 heavy (non-hydrogen) atoms. The van der Waals surface area contributed by atoms with Gasteiger partial charge in [-0.3, -0.25) is 4.98 Å². The molecule has 0 N–H and O–H groups in total. The van der Waals surface area contributed by atoms with Crippen LogP contribution in [0.2, 0.25) is 0 Å². The normalized spacial score (nSPS) is 7.27. The van der Waals surface area contributed by atoms with Gasteiger partial charge in [0.1, 0.15) is 5.82 Å². The number of aromatic nitrogens is 1. The molecule has 1 aromatic rings. The standard InChI is InChI=1S/C6H6FN.C2H6.HI/c1-5-4-6(7)2-3-8-5;1-2;/h2-4H,1H3;1-2H3;1H. The number of aryl methyl sites for hydroxylation is 1. The lowest BCUT2D eigenvalue weighted by Gasteiger charge is -1.86. The molecule has 1 rings (SSSR count). The summed E-state index contributed by atoms with van der Waals surface area (Å²) in [5.74, 6) is -0.225. The fraction of sp³-hybridized carbons (Fsp3) is 0.375. The summed E-state index contributed by atoms with van der Waals surface area (Å²) < 4.78 is 12.1. The van der Waals surface area contributed by atoms with Crippen LogP contribution in [0.25, 0.3) is 0 Å². The van der Waals surface area contributed by atoms with E-state index < -0.39 is 0 Å². The van der Waals surface area contributed by atoms with Gasteiger partial charge in [0.25, 0.3) is 0 Å². The first-order valence-corrected chi connectivity index (χ1v) is 3.37. The Hall–Kier alpha value is -0.190. The molecule has 1 heterocycles. The first-order chi connectivity index (χ1) is 4.79. The Morgan fingerprint density at radius 2 is 1.91 bits per heavy atom. The van der Waals surface area contributed by atoms with Crippen molar-refractivity contribution in [1.29, 1.82) is 0 Å². The number of rotatable bonds is 0. The van der Waals surface area contributed by atoms with E-state index in [0.717, 1.165) is 0 Å². The first kappa shape index (κ1) is 13.4. The average molecular weight is 269 g/mol. The first-order valence-electron chi connectivity index (χ1n) is 3.37. The van der Waals surface area contributed by atoms with Gasteiger partial charge in [-0.1, -0.05) is 13.8 Å². The van der Waals surface area contributed by atoms with E-state index in [0.29, 0.717) is 5.69 Å². The van der Waals surface area contributed by atoms with Crippen molar-refractivity contribution in [3.8, 4) is 0 Å². The zero-order valence-corrected chi connectivity index (χ0v) is 9.30. The van der Waals surface area contributed by atoms with Crippen LogP contribution in [0.4, 0.5) is 4.39 Å². The second kappa shape index (κ2) is 7.91. The van der Waals surface area contributed by atoms with E-state index in [1.165, 1.54) is 18.3 Å². The minimum absolute atomic E-state index is 0. The van der Waals surface area contributed by atoms with Gasteiger partial charge in [-0.2, -0.15) is 0 Å². The van der Waals surface area contributed by atoms with Crippen LogP contribution in [0.15, 0.2) is 18.3 Å². The van der Waals surface area contributed by atoms with Gasteiger partial charge in [0.15, 0.2) is 0 Å². The van der Waals surface area contributed by atoms with Crippen molar-refractivity contribution in [2.24, 2.45) is 0 Å². The summed E-state index contributed by atoms with van der Waals surface area (Å²) in [4.78, 5) is 3.80. The number of halogens is 2. The predicted molar refractivity (Wildman–Crippen MR) is 55.7 cm³/mol. The fourth-order valence-corrected chi connectivity index (χ4v) is 0.511. The number of nitrogens with zero attached hydrogens (tertiary/aromatic N) is 1. The smallest absolute Gasteiger partial charge is 0.126 e. The van der Waals surface area contributed by atoms with Crippen molar-refractivity contribution in [1.82, 2.24) is 4.98 Å². The van der Waals surface area contributed by atoms with Crippen molar-refractivity contribution in [3.63, 3.8) is 0 Å². The van der Waals surface area contributed by atoms with Gasteiger partial charge in [-0.05, 0) is 19.1 Å². The topological polar surface area (TPSA) is 12.9 Å². The highest BCUT2D eigenvalue weighted by molar-refractivity contribution is 14.0. The van der Waals surface area contributed by atoms with Crippen LogP contribution in [0.1, 0.15) is 19.5 Å². The van der Waals surface area contributed by atoms with Crippen LogP contribution < -0.4 is 0 Å². The molecule has 0 amide bonds. The van der Waals surface area contributed by atoms with Gasteiger partial charge in [0.2, 0.25) is 0 Å². The van der Waals surface area contributed by atoms with Crippen LogP contribution in [-0.2, 0) is 0 Å². The SMILES string of the molecule is CC.Cc1cc(F)ccn1.I. The second-order valence-corrected chi connectivity index (χ2v) is 1.62. The molecule has 0 atom stereocenters. The van der Waals surface area contributed by atoms with E-state index in [1.54, 1.807) is 6.92 Å². The van der Waals surface area contributed by atoms with Crippen LogP contribution in [0.3, 0.4) is 0 Å². The highest BCUT2D eigenvalue weighted by Gasteiger charge is 1.85. The third kappa shape index (κ3) is 6.22. The van der Waals surface area contributed by atoms with E-state index in [-0.39, 0.29) is 29.8 Å². The molecular weight excluding hydrogens is 256 g/mol. The molecule has 0 saturated heterocycles. The summed E-state index contributed by atoms with van der Waals surface area (Å²) in [6.07, 6.45) is 1.45. The van der Waals surface area contributed by atoms with Crippen molar-refractivity contribution >= 4 is 24.0 Å². The summed E-state index contributed by atoms with van der Waals surface area (Å²) in [6, 6.07) is 2.72. The predicted octanol–water partition coefficient (Wildman–Crippen LogP) is 3.17. The van der Waals surface area contributed by atoms with Gasteiger partial charge >= 0.3 is 0 Å². The molecule has 0 unspecified atom stereocenters. The lowest BCUT2D eigenvalue weighted by molar-refractivity contribution is 0.624. The zero-order valence-electron chi connectivity index (χ0n) is 6.97. The van der Waals surface area contributed by atoms with Crippen LogP contribution in [0.5, 0.6) is 0 Å². The van der Waals surface area contributed by atoms with Crippen LogP contribution in [-0.4, -0.2) is 4.98 Å². The van der Waals surface area contributed by atoms with Crippen LogP contribution in [0, 0.1) is 12.7 Å². The maximum Gasteiger partial charge on any atom is 0.126 e. The Labute approximate surface area is 84.1 Å². The fourth-order valence-electron chi connectivity index (χ4n) is 0.511. The molecule has 0 aromatic carbocycles. The quantitative estimate of drug-likeness (QED) is 0.659. The molecule has 3 heteroatoms. The summed E-state index contributed by atoms with van der Waals surface area (Å²) in [5, 5.41) is 0. The third-order valence-corrected chi connectivity index (χ3v) is 0.859. The highest BCUT2D eigenvalue weighted by Crippen LogP contribution is 1.95. The Bertz CT molecular complexity index is 174. The van der Waals surface area contributed by atoms with Gasteiger partial charge in [0, 0.05) is 11.9 Å². The molecular formula is C8H13FIN. The Balaban J connectivity index is 0. The number of hydrogen-bond acceptors (Lipinski definition) is 1. The molecule has 0 aliphatic carbocycles. The Morgan fingerprint density at radius 3 is 2.18 bits per heavy atom. The maximum atomic E-state index is 12.1. The van der Waals surface area contributed by atoms with E-state index in [2.05, 4.69) is 4.98 Å². The Kier molecular flexibility index (Phi) is 9.64. The number of hydrogen-bond donors (Lipinski definition) is 0. The molecule has 0 bridgehead atoms. The van der Waals surface area contributed by atoms with Crippen molar-refractivity contribution < 1.29 is 4.39 Å². The third-order valence-electron chi connectivity index (χ3n) is 0.859. The lowest BCUT2D eigenvalue weighted by atomic mass is 10.4. The summed E-state index contributed by atoms with van der Waals surface area (Å²) in [7, 11) is 0. The molecule has 0 radical (unpaired) electrons. The summed E-state index contributed by atoms with van der Waals surface area (Å²) in [5.41, 5.74) is 0.713. The molecule has 0 fully saturated rings.